The van der Waals surface area contributed by atoms with Crippen LogP contribution in [-0.4, -0.2) is 56.8 Å². The van der Waals surface area contributed by atoms with Crippen molar-refractivity contribution < 1.29 is 19.0 Å². The molecule has 30 heavy (non-hydrogen) atoms. The molecule has 0 unspecified atom stereocenters. The minimum Gasteiger partial charge on any atom is -0.490 e. The Morgan fingerprint density at radius 1 is 0.833 bits per heavy atom. The highest BCUT2D eigenvalue weighted by atomic mass is 16.5. The summed E-state index contributed by atoms with van der Waals surface area (Å²) in [6.45, 7) is 12.3. The zero-order valence-corrected chi connectivity index (χ0v) is 18.4. The maximum absolute atomic E-state index is 13.2. The fraction of sp³-hybridized carbons (Fsp3) is 0.458. The molecule has 0 bridgehead atoms. The van der Waals surface area contributed by atoms with E-state index >= 15 is 0 Å². The Bertz CT molecular complexity index is 816. The van der Waals surface area contributed by atoms with Gasteiger partial charge in [-0.25, -0.2) is 0 Å². The molecule has 0 spiro atoms. The van der Waals surface area contributed by atoms with Gasteiger partial charge in [0.2, 0.25) is 5.75 Å². The first-order valence-corrected chi connectivity index (χ1v) is 10.7. The molecule has 0 saturated carbocycles. The van der Waals surface area contributed by atoms with Gasteiger partial charge >= 0.3 is 0 Å². The maximum Gasteiger partial charge on any atom is 0.254 e. The number of carbonyl (C=O) groups is 1. The molecule has 6 heteroatoms. The van der Waals surface area contributed by atoms with Crippen LogP contribution in [0.1, 0.15) is 36.7 Å². The zero-order valence-electron chi connectivity index (χ0n) is 18.4. The van der Waals surface area contributed by atoms with Gasteiger partial charge in [0.25, 0.3) is 5.91 Å². The van der Waals surface area contributed by atoms with Crippen LogP contribution in [0.3, 0.4) is 0 Å². The molecule has 0 aliphatic carbocycles. The number of hydrogen-bond acceptors (Lipinski definition) is 5. The standard InChI is InChI=1S/C24H32N2O4/c1-5-28-21-16-19(17-22(29-6-2)23(21)30-7-3)24(27)26-14-12-25(13-15-26)20-10-8-18(4)9-11-20/h8-11,16-17H,5-7,12-15H2,1-4H3. The quantitative estimate of drug-likeness (QED) is 0.652. The van der Waals surface area contributed by atoms with Crippen LogP contribution in [0.2, 0.25) is 0 Å². The van der Waals surface area contributed by atoms with E-state index in [0.717, 1.165) is 13.1 Å². The molecule has 0 N–H and O–H groups in total. The summed E-state index contributed by atoms with van der Waals surface area (Å²) in [4.78, 5) is 17.4. The van der Waals surface area contributed by atoms with Gasteiger partial charge in [-0.2, -0.15) is 0 Å². The van der Waals surface area contributed by atoms with Crippen LogP contribution in [-0.2, 0) is 0 Å². The van der Waals surface area contributed by atoms with Gasteiger partial charge in [0.15, 0.2) is 11.5 Å². The lowest BCUT2D eigenvalue weighted by atomic mass is 10.1. The lowest BCUT2D eigenvalue weighted by Gasteiger charge is -2.36. The minimum absolute atomic E-state index is 0.0106. The van der Waals surface area contributed by atoms with Crippen molar-refractivity contribution in [2.45, 2.75) is 27.7 Å². The average molecular weight is 413 g/mol. The number of hydrogen-bond donors (Lipinski definition) is 0. The van der Waals surface area contributed by atoms with E-state index in [4.69, 9.17) is 14.2 Å². The zero-order chi connectivity index (χ0) is 21.5. The highest BCUT2D eigenvalue weighted by Gasteiger charge is 2.25. The molecule has 1 saturated heterocycles. The van der Waals surface area contributed by atoms with Gasteiger partial charge in [0.1, 0.15) is 0 Å². The van der Waals surface area contributed by atoms with Gasteiger partial charge in [-0.1, -0.05) is 17.7 Å². The number of anilines is 1. The molecule has 2 aromatic rings. The number of piperazine rings is 1. The molecule has 3 rings (SSSR count). The van der Waals surface area contributed by atoms with Crippen LogP contribution >= 0.6 is 0 Å². The predicted molar refractivity (Wildman–Crippen MR) is 119 cm³/mol. The van der Waals surface area contributed by atoms with Gasteiger partial charge in [-0.05, 0) is 52.0 Å². The molecular weight excluding hydrogens is 380 g/mol. The lowest BCUT2D eigenvalue weighted by molar-refractivity contribution is 0.0745. The molecule has 1 amide bonds. The van der Waals surface area contributed by atoms with Crippen molar-refractivity contribution in [3.05, 3.63) is 47.5 Å². The first-order valence-electron chi connectivity index (χ1n) is 10.7. The summed E-state index contributed by atoms with van der Waals surface area (Å²) >= 11 is 0. The third kappa shape index (κ3) is 4.99. The Hall–Kier alpha value is -2.89. The van der Waals surface area contributed by atoms with Crippen LogP contribution in [0, 0.1) is 6.92 Å². The van der Waals surface area contributed by atoms with Gasteiger partial charge in [-0.3, -0.25) is 4.79 Å². The molecule has 6 nitrogen and oxygen atoms in total. The van der Waals surface area contributed by atoms with Crippen LogP contribution in [0.4, 0.5) is 5.69 Å². The summed E-state index contributed by atoms with van der Waals surface area (Å²) in [7, 11) is 0. The third-order valence-corrected chi connectivity index (χ3v) is 5.12. The van der Waals surface area contributed by atoms with Crippen molar-refractivity contribution in [1.29, 1.82) is 0 Å². The molecule has 1 heterocycles. The smallest absolute Gasteiger partial charge is 0.254 e. The largest absolute Gasteiger partial charge is 0.490 e. The van der Waals surface area contributed by atoms with E-state index in [2.05, 4.69) is 36.1 Å². The molecular formula is C24H32N2O4. The van der Waals surface area contributed by atoms with Gasteiger partial charge in [0, 0.05) is 37.4 Å². The second kappa shape index (κ2) is 10.2. The highest BCUT2D eigenvalue weighted by molar-refractivity contribution is 5.95. The number of rotatable bonds is 8. The third-order valence-electron chi connectivity index (χ3n) is 5.12. The number of benzene rings is 2. The Balaban J connectivity index is 1.76. The Labute approximate surface area is 179 Å². The van der Waals surface area contributed by atoms with Crippen molar-refractivity contribution in [1.82, 2.24) is 4.90 Å². The minimum atomic E-state index is -0.0106. The highest BCUT2D eigenvalue weighted by Crippen LogP contribution is 2.39. The summed E-state index contributed by atoms with van der Waals surface area (Å²) in [5.41, 5.74) is 3.01. The Morgan fingerprint density at radius 3 is 1.87 bits per heavy atom. The molecule has 0 atom stereocenters. The molecule has 0 aromatic heterocycles. The number of aryl methyl sites for hydroxylation is 1. The molecule has 162 valence electrons. The second-order valence-electron chi connectivity index (χ2n) is 7.22. The van der Waals surface area contributed by atoms with E-state index in [1.807, 2.05) is 25.7 Å². The Morgan fingerprint density at radius 2 is 1.37 bits per heavy atom. The summed E-state index contributed by atoms with van der Waals surface area (Å²) in [5, 5.41) is 0. The van der Waals surface area contributed by atoms with E-state index < -0.39 is 0 Å². The second-order valence-corrected chi connectivity index (χ2v) is 7.22. The van der Waals surface area contributed by atoms with Crippen LogP contribution < -0.4 is 19.1 Å². The number of amides is 1. The molecule has 0 radical (unpaired) electrons. The molecule has 1 fully saturated rings. The average Bonchev–Trinajstić information content (AvgIpc) is 2.76. The topological polar surface area (TPSA) is 51.2 Å². The van der Waals surface area contributed by atoms with E-state index in [9.17, 15) is 4.79 Å². The maximum atomic E-state index is 13.2. The number of ether oxygens (including phenoxy) is 3. The molecule has 1 aliphatic heterocycles. The first kappa shape index (κ1) is 21.8. The summed E-state index contributed by atoms with van der Waals surface area (Å²) in [6.07, 6.45) is 0. The van der Waals surface area contributed by atoms with Crippen LogP contribution in [0.15, 0.2) is 36.4 Å². The molecule has 1 aliphatic rings. The van der Waals surface area contributed by atoms with Crippen molar-refractivity contribution in [2.24, 2.45) is 0 Å². The summed E-state index contributed by atoms with van der Waals surface area (Å²) < 4.78 is 17.3. The normalized spacial score (nSPS) is 13.9. The lowest BCUT2D eigenvalue weighted by Crippen LogP contribution is -2.48. The van der Waals surface area contributed by atoms with E-state index in [1.165, 1.54) is 11.3 Å². The predicted octanol–water partition coefficient (Wildman–Crippen LogP) is 4.15. The number of carbonyl (C=O) groups excluding carboxylic acids is 1. The first-order chi connectivity index (χ1) is 14.6. The van der Waals surface area contributed by atoms with Crippen molar-refractivity contribution in [3.63, 3.8) is 0 Å². The Kier molecular flexibility index (Phi) is 7.44. The van der Waals surface area contributed by atoms with Crippen molar-refractivity contribution >= 4 is 11.6 Å². The van der Waals surface area contributed by atoms with Crippen molar-refractivity contribution in [3.8, 4) is 17.2 Å². The number of nitrogens with zero attached hydrogens (tertiary/aromatic N) is 2. The van der Waals surface area contributed by atoms with E-state index in [1.54, 1.807) is 12.1 Å². The fourth-order valence-electron chi connectivity index (χ4n) is 3.62. The van der Waals surface area contributed by atoms with E-state index in [0.29, 0.717) is 55.7 Å². The SMILES string of the molecule is CCOc1cc(C(=O)N2CCN(c3ccc(C)cc3)CC2)cc(OCC)c1OCC. The van der Waals surface area contributed by atoms with Gasteiger partial charge in [0.05, 0.1) is 19.8 Å². The van der Waals surface area contributed by atoms with Crippen LogP contribution in [0.25, 0.3) is 0 Å². The van der Waals surface area contributed by atoms with Gasteiger partial charge in [-0.15, -0.1) is 0 Å². The molecule has 2 aromatic carbocycles. The van der Waals surface area contributed by atoms with Crippen molar-refractivity contribution in [2.75, 3.05) is 50.9 Å². The monoisotopic (exact) mass is 412 g/mol. The van der Waals surface area contributed by atoms with Crippen LogP contribution in [0.5, 0.6) is 17.2 Å². The summed E-state index contributed by atoms with van der Waals surface area (Å²) in [6, 6.07) is 12.1. The van der Waals surface area contributed by atoms with Gasteiger partial charge < -0.3 is 24.0 Å². The van der Waals surface area contributed by atoms with E-state index in [-0.39, 0.29) is 5.91 Å². The fourth-order valence-corrected chi connectivity index (χ4v) is 3.62. The summed E-state index contributed by atoms with van der Waals surface area (Å²) in [5.74, 6) is 1.64.